The Labute approximate surface area is 176 Å². The summed E-state index contributed by atoms with van der Waals surface area (Å²) in [5.41, 5.74) is 0. The molecular formula is C17H30O14. The van der Waals surface area contributed by atoms with Crippen LogP contribution in [-0.4, -0.2) is 152 Å². The van der Waals surface area contributed by atoms with Crippen molar-refractivity contribution in [2.45, 2.75) is 79.7 Å². The van der Waals surface area contributed by atoms with E-state index in [4.69, 9.17) is 23.7 Å². The molecule has 31 heavy (non-hydrogen) atoms. The minimum Gasteiger partial charge on any atom is -0.394 e. The minimum atomic E-state index is -1.72. The number of hydrogen-bond donors (Lipinski definition) is 9. The molecule has 182 valence electrons. The molecule has 0 aromatic carbocycles. The summed E-state index contributed by atoms with van der Waals surface area (Å²) in [5, 5.41) is 88.8. The van der Waals surface area contributed by atoms with Crippen LogP contribution < -0.4 is 0 Å². The molecule has 3 aliphatic heterocycles. The topological polar surface area (TPSA) is 228 Å². The Bertz CT molecular complexity index is 565. The Kier molecular flexibility index (Phi) is 8.56. The summed E-state index contributed by atoms with van der Waals surface area (Å²) in [6.45, 7) is -1.90. The van der Waals surface area contributed by atoms with E-state index in [1.54, 1.807) is 0 Å². The monoisotopic (exact) mass is 458 g/mol. The standard InChI is InChI=1S/C17H30O14/c18-1-6-11(23)15(31-16-13(25)9(21)5(20)3-28-16)8(4-27-6)30-17-14(26)12(24)10(22)7(2-19)29-17/h5-26H,1-4H2/t5-,6-,7-,8+,9+,10-,11-,12+,13-,14-,15-,16+,17+/m1/s1. The Morgan fingerprint density at radius 2 is 1.26 bits per heavy atom. The van der Waals surface area contributed by atoms with Crippen molar-refractivity contribution in [3.8, 4) is 0 Å². The highest BCUT2D eigenvalue weighted by Gasteiger charge is 2.50. The van der Waals surface area contributed by atoms with Gasteiger partial charge in [-0.2, -0.15) is 0 Å². The van der Waals surface area contributed by atoms with Crippen molar-refractivity contribution in [3.05, 3.63) is 0 Å². The second-order valence-corrected chi connectivity index (χ2v) is 7.77. The number of hydrogen-bond acceptors (Lipinski definition) is 14. The van der Waals surface area contributed by atoms with Crippen molar-refractivity contribution >= 4 is 0 Å². The van der Waals surface area contributed by atoms with Crippen molar-refractivity contribution in [2.75, 3.05) is 26.4 Å². The quantitative estimate of drug-likeness (QED) is 0.180. The highest BCUT2D eigenvalue weighted by Crippen LogP contribution is 2.29. The average Bonchev–Trinajstić information content (AvgIpc) is 2.76. The molecule has 3 fully saturated rings. The van der Waals surface area contributed by atoms with E-state index >= 15 is 0 Å². The maximum atomic E-state index is 10.5. The van der Waals surface area contributed by atoms with Gasteiger partial charge in [0.2, 0.25) is 0 Å². The zero-order valence-electron chi connectivity index (χ0n) is 16.4. The molecule has 13 atom stereocenters. The Morgan fingerprint density at radius 1 is 0.613 bits per heavy atom. The fraction of sp³-hybridized carbons (Fsp3) is 1.00. The molecule has 0 aromatic heterocycles. The number of aliphatic hydroxyl groups is 9. The molecule has 0 aromatic rings. The van der Waals surface area contributed by atoms with E-state index in [1.807, 2.05) is 0 Å². The smallest absolute Gasteiger partial charge is 0.187 e. The summed E-state index contributed by atoms with van der Waals surface area (Å²) in [6, 6.07) is 0. The molecule has 3 rings (SSSR count). The normalized spacial score (nSPS) is 51.6. The second-order valence-electron chi connectivity index (χ2n) is 7.77. The minimum absolute atomic E-state index is 0.282. The number of ether oxygens (including phenoxy) is 5. The molecular weight excluding hydrogens is 428 g/mol. The molecule has 0 aliphatic carbocycles. The molecule has 14 heteroatoms. The SMILES string of the molecule is OC[C@H]1O[C@@H](O[C@H]2CO[C@H](CO)[C@@H](O)[C@@H]2O[C@@H]2OC[C@@H](O)[C@H](O)[C@H]2O)[C@H](O)[C@@H](O)[C@@H]1O. The van der Waals surface area contributed by atoms with Gasteiger partial charge in [0.05, 0.1) is 26.4 Å². The van der Waals surface area contributed by atoms with Crippen molar-refractivity contribution in [1.29, 1.82) is 0 Å². The zero-order valence-corrected chi connectivity index (χ0v) is 16.4. The number of rotatable bonds is 6. The summed E-state index contributed by atoms with van der Waals surface area (Å²) in [5.74, 6) is 0. The van der Waals surface area contributed by atoms with Crippen LogP contribution in [-0.2, 0) is 23.7 Å². The van der Waals surface area contributed by atoms with Crippen LogP contribution in [0.15, 0.2) is 0 Å². The van der Waals surface area contributed by atoms with E-state index in [-0.39, 0.29) is 13.2 Å². The average molecular weight is 458 g/mol. The van der Waals surface area contributed by atoms with Gasteiger partial charge in [-0.05, 0) is 0 Å². The third-order valence-corrected chi connectivity index (χ3v) is 5.64. The first kappa shape index (κ1) is 25.1. The maximum Gasteiger partial charge on any atom is 0.187 e. The molecule has 0 radical (unpaired) electrons. The van der Waals surface area contributed by atoms with E-state index in [9.17, 15) is 46.0 Å². The highest BCUT2D eigenvalue weighted by molar-refractivity contribution is 4.94. The largest absolute Gasteiger partial charge is 0.394 e. The Balaban J connectivity index is 1.74. The predicted molar refractivity (Wildman–Crippen MR) is 94.1 cm³/mol. The van der Waals surface area contributed by atoms with Gasteiger partial charge in [0, 0.05) is 0 Å². The third kappa shape index (κ3) is 5.18. The fourth-order valence-corrected chi connectivity index (χ4v) is 3.69. The van der Waals surface area contributed by atoms with Crippen LogP contribution in [0, 0.1) is 0 Å². The van der Waals surface area contributed by atoms with Crippen molar-refractivity contribution < 1.29 is 69.6 Å². The van der Waals surface area contributed by atoms with E-state index in [0.717, 1.165) is 0 Å². The molecule has 0 saturated carbocycles. The summed E-state index contributed by atoms with van der Waals surface area (Å²) < 4.78 is 27.0. The fourth-order valence-electron chi connectivity index (χ4n) is 3.69. The lowest BCUT2D eigenvalue weighted by atomic mass is 9.97. The van der Waals surface area contributed by atoms with Crippen molar-refractivity contribution in [3.63, 3.8) is 0 Å². The molecule has 3 saturated heterocycles. The summed E-state index contributed by atoms with van der Waals surface area (Å²) >= 11 is 0. The molecule has 3 heterocycles. The van der Waals surface area contributed by atoms with Crippen LogP contribution >= 0.6 is 0 Å². The lowest BCUT2D eigenvalue weighted by Crippen LogP contribution is -2.64. The van der Waals surface area contributed by atoms with Crippen LogP contribution in [0.4, 0.5) is 0 Å². The first-order valence-corrected chi connectivity index (χ1v) is 9.87. The number of aliphatic hydroxyl groups excluding tert-OH is 9. The van der Waals surface area contributed by atoms with Crippen LogP contribution in [0.1, 0.15) is 0 Å². The lowest BCUT2D eigenvalue weighted by molar-refractivity contribution is -0.354. The van der Waals surface area contributed by atoms with Gasteiger partial charge in [-0.3, -0.25) is 0 Å². The lowest BCUT2D eigenvalue weighted by Gasteiger charge is -2.46. The molecule has 9 N–H and O–H groups in total. The van der Waals surface area contributed by atoms with Gasteiger partial charge in [0.15, 0.2) is 12.6 Å². The second kappa shape index (κ2) is 10.6. The first-order valence-electron chi connectivity index (χ1n) is 9.87. The molecule has 0 spiro atoms. The highest BCUT2D eigenvalue weighted by atomic mass is 16.7. The van der Waals surface area contributed by atoms with E-state index < -0.39 is 92.9 Å². The van der Waals surface area contributed by atoms with E-state index in [0.29, 0.717) is 0 Å². The van der Waals surface area contributed by atoms with Crippen molar-refractivity contribution in [1.82, 2.24) is 0 Å². The van der Waals surface area contributed by atoms with Gasteiger partial charge in [-0.25, -0.2) is 0 Å². The molecule has 0 bridgehead atoms. The zero-order chi connectivity index (χ0) is 22.9. The van der Waals surface area contributed by atoms with Crippen LogP contribution in [0.3, 0.4) is 0 Å². The van der Waals surface area contributed by atoms with Crippen molar-refractivity contribution in [2.24, 2.45) is 0 Å². The Morgan fingerprint density at radius 3 is 1.90 bits per heavy atom. The van der Waals surface area contributed by atoms with Crippen LogP contribution in [0.5, 0.6) is 0 Å². The van der Waals surface area contributed by atoms with Crippen LogP contribution in [0.25, 0.3) is 0 Å². The predicted octanol–water partition coefficient (Wildman–Crippen LogP) is -6.25. The Hall–Kier alpha value is -0.560. The summed E-state index contributed by atoms with van der Waals surface area (Å²) in [4.78, 5) is 0. The third-order valence-electron chi connectivity index (χ3n) is 5.64. The van der Waals surface area contributed by atoms with Crippen LogP contribution in [0.2, 0.25) is 0 Å². The van der Waals surface area contributed by atoms with E-state index in [1.165, 1.54) is 0 Å². The molecule has 0 unspecified atom stereocenters. The maximum absolute atomic E-state index is 10.5. The van der Waals surface area contributed by atoms with E-state index in [2.05, 4.69) is 0 Å². The van der Waals surface area contributed by atoms with Gasteiger partial charge >= 0.3 is 0 Å². The summed E-state index contributed by atoms with van der Waals surface area (Å²) in [6.07, 6.45) is -19.0. The first-order chi connectivity index (χ1) is 14.7. The molecule has 14 nitrogen and oxygen atoms in total. The van der Waals surface area contributed by atoms with Gasteiger partial charge in [0.1, 0.15) is 67.1 Å². The molecule has 0 amide bonds. The summed E-state index contributed by atoms with van der Waals surface area (Å²) in [7, 11) is 0. The van der Waals surface area contributed by atoms with Gasteiger partial charge in [0.25, 0.3) is 0 Å². The molecule has 3 aliphatic rings. The van der Waals surface area contributed by atoms with Gasteiger partial charge in [-0.15, -0.1) is 0 Å². The van der Waals surface area contributed by atoms with Gasteiger partial charge < -0.3 is 69.6 Å². The van der Waals surface area contributed by atoms with Gasteiger partial charge in [-0.1, -0.05) is 0 Å².